The Balaban J connectivity index is 2.99. The van der Waals surface area contributed by atoms with Crippen molar-refractivity contribution in [3.63, 3.8) is 0 Å². The predicted octanol–water partition coefficient (Wildman–Crippen LogP) is 4.18. The van der Waals surface area contributed by atoms with Gasteiger partial charge in [-0.25, -0.2) is 0 Å². The van der Waals surface area contributed by atoms with Crippen LogP contribution in [0, 0.1) is 13.8 Å². The quantitative estimate of drug-likeness (QED) is 0.679. The lowest BCUT2D eigenvalue weighted by Crippen LogP contribution is -1.87. The summed E-state index contributed by atoms with van der Waals surface area (Å²) in [6, 6.07) is 4.47. The predicted molar refractivity (Wildman–Crippen MR) is 62.1 cm³/mol. The van der Waals surface area contributed by atoms with Gasteiger partial charge >= 0.3 is 0 Å². The molecule has 0 amide bonds. The van der Waals surface area contributed by atoms with Gasteiger partial charge < -0.3 is 0 Å². The smallest absolute Gasteiger partial charge is 0.0233 e. The van der Waals surface area contributed by atoms with Gasteiger partial charge in [-0.15, -0.1) is 0 Å². The van der Waals surface area contributed by atoms with Crippen LogP contribution in [0.5, 0.6) is 0 Å². The SMILES string of the molecule is C/C=C/Cc1cc(C)c(Br)c(C)c1. The molecule has 0 aliphatic rings. The van der Waals surface area contributed by atoms with E-state index in [1.54, 1.807) is 0 Å². The Labute approximate surface area is 88.8 Å². The summed E-state index contributed by atoms with van der Waals surface area (Å²) in [5, 5.41) is 0. The summed E-state index contributed by atoms with van der Waals surface area (Å²) in [4.78, 5) is 0. The first-order valence-electron chi connectivity index (χ1n) is 4.52. The number of hydrogen-bond acceptors (Lipinski definition) is 0. The Morgan fingerprint density at radius 3 is 2.23 bits per heavy atom. The molecular formula is C12H15Br. The lowest BCUT2D eigenvalue weighted by Gasteiger charge is -2.05. The van der Waals surface area contributed by atoms with E-state index in [2.05, 4.69) is 61.0 Å². The van der Waals surface area contributed by atoms with Crippen LogP contribution < -0.4 is 0 Å². The third-order valence-electron chi connectivity index (χ3n) is 2.09. The maximum Gasteiger partial charge on any atom is 0.0233 e. The zero-order chi connectivity index (χ0) is 9.84. The molecule has 0 aliphatic heterocycles. The summed E-state index contributed by atoms with van der Waals surface area (Å²) in [7, 11) is 0. The second-order valence-corrected chi connectivity index (χ2v) is 4.11. The van der Waals surface area contributed by atoms with Crippen LogP contribution in [0.1, 0.15) is 23.6 Å². The van der Waals surface area contributed by atoms with Crippen molar-refractivity contribution in [2.75, 3.05) is 0 Å². The minimum atomic E-state index is 1.03. The fourth-order valence-corrected chi connectivity index (χ4v) is 1.64. The van der Waals surface area contributed by atoms with Crippen molar-refractivity contribution in [1.29, 1.82) is 0 Å². The first-order chi connectivity index (χ1) is 6.15. The minimum Gasteiger partial charge on any atom is -0.0913 e. The van der Waals surface area contributed by atoms with Gasteiger partial charge in [-0.1, -0.05) is 40.2 Å². The third kappa shape index (κ3) is 2.70. The van der Waals surface area contributed by atoms with Gasteiger partial charge in [0.25, 0.3) is 0 Å². The first-order valence-corrected chi connectivity index (χ1v) is 5.31. The van der Waals surface area contributed by atoms with Gasteiger partial charge in [0.2, 0.25) is 0 Å². The molecule has 1 aromatic carbocycles. The van der Waals surface area contributed by atoms with E-state index >= 15 is 0 Å². The second-order valence-electron chi connectivity index (χ2n) is 3.32. The number of aryl methyl sites for hydroxylation is 2. The molecular weight excluding hydrogens is 224 g/mol. The van der Waals surface area contributed by atoms with Gasteiger partial charge in [0.05, 0.1) is 0 Å². The molecule has 0 radical (unpaired) electrons. The maximum atomic E-state index is 3.56. The van der Waals surface area contributed by atoms with E-state index in [4.69, 9.17) is 0 Å². The Kier molecular flexibility index (Phi) is 3.73. The number of hydrogen-bond donors (Lipinski definition) is 0. The monoisotopic (exact) mass is 238 g/mol. The van der Waals surface area contributed by atoms with Gasteiger partial charge in [0.15, 0.2) is 0 Å². The van der Waals surface area contributed by atoms with Crippen LogP contribution in [-0.4, -0.2) is 0 Å². The molecule has 1 rings (SSSR count). The highest BCUT2D eigenvalue weighted by Gasteiger charge is 2.00. The molecule has 0 N–H and O–H groups in total. The standard InChI is InChI=1S/C12H15Br/c1-4-5-6-11-7-9(2)12(13)10(3)8-11/h4-5,7-8H,6H2,1-3H3/b5-4+. The van der Waals surface area contributed by atoms with Crippen LogP contribution in [0.4, 0.5) is 0 Å². The van der Waals surface area contributed by atoms with Gasteiger partial charge in [-0.2, -0.15) is 0 Å². The second kappa shape index (κ2) is 4.61. The molecule has 0 unspecified atom stereocenters. The molecule has 70 valence electrons. The summed E-state index contributed by atoms with van der Waals surface area (Å²) >= 11 is 3.56. The summed E-state index contributed by atoms with van der Waals surface area (Å²) in [5.41, 5.74) is 4.02. The van der Waals surface area contributed by atoms with E-state index in [0.717, 1.165) is 6.42 Å². The van der Waals surface area contributed by atoms with Crippen molar-refractivity contribution in [3.05, 3.63) is 45.4 Å². The molecule has 0 spiro atoms. The Bertz CT molecular complexity index is 301. The normalized spacial score (nSPS) is 11.1. The van der Waals surface area contributed by atoms with Crippen LogP contribution in [0.3, 0.4) is 0 Å². The molecule has 0 atom stereocenters. The molecule has 0 aromatic heterocycles. The van der Waals surface area contributed by atoms with E-state index in [9.17, 15) is 0 Å². The van der Waals surface area contributed by atoms with Crippen molar-refractivity contribution in [1.82, 2.24) is 0 Å². The van der Waals surface area contributed by atoms with Crippen molar-refractivity contribution in [2.24, 2.45) is 0 Å². The largest absolute Gasteiger partial charge is 0.0913 e. The topological polar surface area (TPSA) is 0 Å². The van der Waals surface area contributed by atoms with Gasteiger partial charge in [0.1, 0.15) is 0 Å². The zero-order valence-electron chi connectivity index (χ0n) is 8.39. The van der Waals surface area contributed by atoms with Crippen LogP contribution in [0.2, 0.25) is 0 Å². The van der Waals surface area contributed by atoms with Crippen LogP contribution in [0.15, 0.2) is 28.8 Å². The molecule has 0 bridgehead atoms. The molecule has 1 aromatic rings. The highest BCUT2D eigenvalue weighted by molar-refractivity contribution is 9.10. The summed E-state index contributed by atoms with van der Waals surface area (Å²) < 4.78 is 1.23. The number of benzene rings is 1. The zero-order valence-corrected chi connectivity index (χ0v) is 9.98. The van der Waals surface area contributed by atoms with E-state index in [-0.39, 0.29) is 0 Å². The van der Waals surface area contributed by atoms with E-state index in [1.807, 2.05) is 0 Å². The highest BCUT2D eigenvalue weighted by atomic mass is 79.9. The average Bonchev–Trinajstić information content (AvgIpc) is 2.10. The Hall–Kier alpha value is -0.560. The van der Waals surface area contributed by atoms with Crippen molar-refractivity contribution in [3.8, 4) is 0 Å². The summed E-state index contributed by atoms with van der Waals surface area (Å²) in [6.07, 6.45) is 5.31. The van der Waals surface area contributed by atoms with E-state index < -0.39 is 0 Å². The van der Waals surface area contributed by atoms with Crippen LogP contribution >= 0.6 is 15.9 Å². The Morgan fingerprint density at radius 1 is 1.23 bits per heavy atom. The maximum absolute atomic E-state index is 3.56. The van der Waals surface area contributed by atoms with Crippen molar-refractivity contribution < 1.29 is 0 Å². The third-order valence-corrected chi connectivity index (χ3v) is 3.34. The molecule has 0 fully saturated rings. The van der Waals surface area contributed by atoms with Gasteiger partial charge in [-0.3, -0.25) is 0 Å². The lowest BCUT2D eigenvalue weighted by molar-refractivity contribution is 1.21. The summed E-state index contributed by atoms with van der Waals surface area (Å²) in [5.74, 6) is 0. The molecule has 0 nitrogen and oxygen atoms in total. The molecule has 0 saturated heterocycles. The molecule has 13 heavy (non-hydrogen) atoms. The fourth-order valence-electron chi connectivity index (χ4n) is 1.41. The van der Waals surface area contributed by atoms with Crippen molar-refractivity contribution >= 4 is 15.9 Å². The number of allylic oxidation sites excluding steroid dienone is 2. The van der Waals surface area contributed by atoms with Gasteiger partial charge in [0, 0.05) is 4.47 Å². The molecule has 1 heteroatoms. The molecule has 0 aliphatic carbocycles. The van der Waals surface area contributed by atoms with Crippen LogP contribution in [-0.2, 0) is 6.42 Å². The fraction of sp³-hybridized carbons (Fsp3) is 0.333. The summed E-state index contributed by atoms with van der Waals surface area (Å²) in [6.45, 7) is 6.32. The number of rotatable bonds is 2. The minimum absolute atomic E-state index is 1.03. The van der Waals surface area contributed by atoms with E-state index in [1.165, 1.54) is 21.2 Å². The molecule has 0 saturated carbocycles. The van der Waals surface area contributed by atoms with E-state index in [0.29, 0.717) is 0 Å². The lowest BCUT2D eigenvalue weighted by atomic mass is 10.1. The van der Waals surface area contributed by atoms with Crippen molar-refractivity contribution in [2.45, 2.75) is 27.2 Å². The average molecular weight is 239 g/mol. The number of halogens is 1. The highest BCUT2D eigenvalue weighted by Crippen LogP contribution is 2.22. The van der Waals surface area contributed by atoms with Gasteiger partial charge in [-0.05, 0) is 43.9 Å². The molecule has 0 heterocycles. The first kappa shape index (κ1) is 10.5. The Morgan fingerprint density at radius 2 is 1.77 bits per heavy atom. The van der Waals surface area contributed by atoms with Crippen LogP contribution in [0.25, 0.3) is 0 Å².